The summed E-state index contributed by atoms with van der Waals surface area (Å²) in [6.07, 6.45) is 11.1. The number of alkyl carbamates (subject to hydrolysis) is 1. The summed E-state index contributed by atoms with van der Waals surface area (Å²) in [5.74, 6) is 0. The summed E-state index contributed by atoms with van der Waals surface area (Å²) in [4.78, 5) is 20.2. The largest absolute Gasteiger partial charge is 0.444 e. The summed E-state index contributed by atoms with van der Waals surface area (Å²) >= 11 is 0. The number of carbonyl (C=O) groups is 1. The van der Waals surface area contributed by atoms with Gasteiger partial charge in [0.2, 0.25) is 0 Å². The standard InChI is InChI=1S/C22H32N4O5S/c1-6-19(17-11-12-23-14-17)24-15(2)20(25-21(27)31-22(3,4)5)13-16-7-9-18(10-8-16)26-32(28,29)30/h6-9,11-12,14,18,20,23,26H,10,13H2,1-5H3,(H,25,27)(H,28,29,30)/b19-6-,24-15+/t18?,20-/m0/s1. The van der Waals surface area contributed by atoms with Crippen molar-refractivity contribution in [1.29, 1.82) is 0 Å². The zero-order valence-electron chi connectivity index (χ0n) is 19.0. The smallest absolute Gasteiger partial charge is 0.408 e. The Morgan fingerprint density at radius 2 is 2.16 bits per heavy atom. The van der Waals surface area contributed by atoms with Gasteiger partial charge in [0, 0.05) is 29.7 Å². The Bertz CT molecular complexity index is 1020. The van der Waals surface area contributed by atoms with Crippen molar-refractivity contribution in [1.82, 2.24) is 15.0 Å². The van der Waals surface area contributed by atoms with Crippen LogP contribution in [0.1, 0.15) is 53.0 Å². The van der Waals surface area contributed by atoms with Crippen LogP contribution >= 0.6 is 0 Å². The molecule has 1 aromatic rings. The zero-order chi connectivity index (χ0) is 23.9. The highest BCUT2D eigenvalue weighted by molar-refractivity contribution is 7.83. The lowest BCUT2D eigenvalue weighted by molar-refractivity contribution is 0.0518. The fourth-order valence-corrected chi connectivity index (χ4v) is 3.69. The third kappa shape index (κ3) is 8.81. The number of carbonyl (C=O) groups excluding carboxylic acids is 1. The summed E-state index contributed by atoms with van der Waals surface area (Å²) < 4.78 is 38.5. The van der Waals surface area contributed by atoms with Crippen molar-refractivity contribution in [2.75, 3.05) is 0 Å². The van der Waals surface area contributed by atoms with Crippen molar-refractivity contribution in [2.24, 2.45) is 4.99 Å². The fourth-order valence-electron chi connectivity index (χ4n) is 3.13. The predicted octanol–water partition coefficient (Wildman–Crippen LogP) is 3.77. The molecule has 1 aromatic heterocycles. The van der Waals surface area contributed by atoms with E-state index in [1.165, 1.54) is 0 Å². The summed E-state index contributed by atoms with van der Waals surface area (Å²) in [5.41, 5.74) is 2.65. The van der Waals surface area contributed by atoms with Gasteiger partial charge in [0.25, 0.3) is 0 Å². The lowest BCUT2D eigenvalue weighted by Crippen LogP contribution is -2.43. The van der Waals surface area contributed by atoms with Gasteiger partial charge in [-0.25, -0.2) is 4.79 Å². The van der Waals surface area contributed by atoms with Gasteiger partial charge in [-0.2, -0.15) is 13.1 Å². The van der Waals surface area contributed by atoms with E-state index in [0.29, 0.717) is 18.6 Å². The van der Waals surface area contributed by atoms with Gasteiger partial charge in [0.1, 0.15) is 5.60 Å². The Morgan fingerprint density at radius 1 is 1.44 bits per heavy atom. The van der Waals surface area contributed by atoms with Crippen LogP contribution in [-0.4, -0.2) is 47.4 Å². The number of ether oxygens (including phenoxy) is 1. The van der Waals surface area contributed by atoms with Gasteiger partial charge >= 0.3 is 16.4 Å². The van der Waals surface area contributed by atoms with Crippen molar-refractivity contribution in [3.05, 3.63) is 53.9 Å². The van der Waals surface area contributed by atoms with Crippen LogP contribution < -0.4 is 10.0 Å². The maximum atomic E-state index is 12.5. The number of hydrogen-bond donors (Lipinski definition) is 4. The maximum absolute atomic E-state index is 12.5. The Balaban J connectivity index is 2.20. The number of H-pyrrole nitrogens is 1. The SMILES string of the molecule is C/C=C(\N=C(/C)[C@H](CC1=CCC(NS(=O)(=O)O)C=C1)NC(=O)OC(C)(C)C)c1cc[nH]c1. The molecule has 1 aliphatic rings. The highest BCUT2D eigenvalue weighted by Gasteiger charge is 2.23. The van der Waals surface area contributed by atoms with E-state index >= 15 is 0 Å². The second-order valence-electron chi connectivity index (χ2n) is 8.50. The molecule has 0 saturated carbocycles. The molecule has 4 N–H and O–H groups in total. The van der Waals surface area contributed by atoms with E-state index in [2.05, 4.69) is 15.0 Å². The molecule has 32 heavy (non-hydrogen) atoms. The number of amides is 1. The van der Waals surface area contributed by atoms with Crippen LogP contribution in [0.3, 0.4) is 0 Å². The lowest BCUT2D eigenvalue weighted by Gasteiger charge is -2.25. The minimum atomic E-state index is -4.28. The third-order valence-electron chi connectivity index (χ3n) is 4.58. The first kappa shape index (κ1) is 25.6. The van der Waals surface area contributed by atoms with Crippen molar-refractivity contribution in [3.63, 3.8) is 0 Å². The van der Waals surface area contributed by atoms with E-state index in [0.717, 1.165) is 16.8 Å². The fraction of sp³-hybridized carbons (Fsp3) is 0.455. The van der Waals surface area contributed by atoms with Gasteiger partial charge in [-0.1, -0.05) is 24.3 Å². The summed E-state index contributed by atoms with van der Waals surface area (Å²) in [6.45, 7) is 9.11. The topological polar surface area (TPSA) is 133 Å². The minimum Gasteiger partial charge on any atom is -0.444 e. The Morgan fingerprint density at radius 3 is 2.66 bits per heavy atom. The molecule has 0 radical (unpaired) electrons. The first-order chi connectivity index (χ1) is 14.9. The molecule has 9 nitrogen and oxygen atoms in total. The van der Waals surface area contributed by atoms with Gasteiger partial charge in [-0.05, 0) is 59.1 Å². The molecule has 176 valence electrons. The molecule has 0 saturated heterocycles. The molecule has 0 aromatic carbocycles. The second-order valence-corrected chi connectivity index (χ2v) is 9.69. The average Bonchev–Trinajstić information content (AvgIpc) is 3.18. The molecule has 0 aliphatic heterocycles. The number of nitrogens with zero attached hydrogens (tertiary/aromatic N) is 1. The van der Waals surface area contributed by atoms with Crippen molar-refractivity contribution < 1.29 is 22.5 Å². The van der Waals surface area contributed by atoms with Gasteiger partial charge < -0.3 is 15.0 Å². The minimum absolute atomic E-state index is 0.379. The monoisotopic (exact) mass is 464 g/mol. The number of aliphatic imine (C=N–C) groups is 1. The van der Waals surface area contributed by atoms with E-state index in [4.69, 9.17) is 14.3 Å². The number of aromatic amines is 1. The molecule has 2 rings (SSSR count). The van der Waals surface area contributed by atoms with Crippen molar-refractivity contribution in [2.45, 2.75) is 65.1 Å². The van der Waals surface area contributed by atoms with Crippen molar-refractivity contribution in [3.8, 4) is 0 Å². The highest BCUT2D eigenvalue weighted by Crippen LogP contribution is 2.20. The number of aromatic nitrogens is 1. The van der Waals surface area contributed by atoms with Crippen LogP contribution in [-0.2, 0) is 15.0 Å². The molecule has 1 amide bonds. The first-order valence-electron chi connectivity index (χ1n) is 10.3. The average molecular weight is 465 g/mol. The van der Waals surface area contributed by atoms with Crippen LogP contribution in [0, 0.1) is 0 Å². The molecule has 0 fully saturated rings. The molecular weight excluding hydrogens is 432 g/mol. The van der Waals surface area contributed by atoms with Crippen LogP contribution in [0.15, 0.2) is 53.3 Å². The molecular formula is C22H32N4O5S. The van der Waals surface area contributed by atoms with E-state index in [-0.39, 0.29) is 0 Å². The van der Waals surface area contributed by atoms with Gasteiger partial charge in [-0.15, -0.1) is 0 Å². The molecule has 0 bridgehead atoms. The predicted molar refractivity (Wildman–Crippen MR) is 126 cm³/mol. The molecule has 1 heterocycles. The van der Waals surface area contributed by atoms with E-state index in [1.54, 1.807) is 32.9 Å². The summed E-state index contributed by atoms with van der Waals surface area (Å²) in [6, 6.07) is 0.946. The molecule has 1 aliphatic carbocycles. The summed E-state index contributed by atoms with van der Waals surface area (Å²) in [5, 5.41) is 2.89. The first-order valence-corrected chi connectivity index (χ1v) is 11.8. The van der Waals surface area contributed by atoms with Gasteiger partial charge in [0.15, 0.2) is 0 Å². The maximum Gasteiger partial charge on any atom is 0.408 e. The number of hydrogen-bond acceptors (Lipinski definition) is 5. The Labute approximate surface area is 189 Å². The van der Waals surface area contributed by atoms with Gasteiger partial charge in [-0.3, -0.25) is 9.55 Å². The quantitative estimate of drug-likeness (QED) is 0.343. The zero-order valence-corrected chi connectivity index (χ0v) is 19.9. The molecule has 2 atom stereocenters. The van der Waals surface area contributed by atoms with Gasteiger partial charge in [0.05, 0.1) is 11.7 Å². The Hall–Kier alpha value is -2.69. The number of nitrogens with one attached hydrogen (secondary N) is 3. The van der Waals surface area contributed by atoms with Crippen LogP contribution in [0.5, 0.6) is 0 Å². The number of rotatable bonds is 8. The van der Waals surface area contributed by atoms with Crippen LogP contribution in [0.2, 0.25) is 0 Å². The molecule has 10 heteroatoms. The number of allylic oxidation sites excluding steroid dienone is 2. The molecule has 0 spiro atoms. The van der Waals surface area contributed by atoms with E-state index in [9.17, 15) is 13.2 Å². The highest BCUT2D eigenvalue weighted by atomic mass is 32.2. The second kappa shape index (κ2) is 10.8. The third-order valence-corrected chi connectivity index (χ3v) is 5.18. The summed E-state index contributed by atoms with van der Waals surface area (Å²) in [7, 11) is -4.28. The van der Waals surface area contributed by atoms with Crippen LogP contribution in [0.4, 0.5) is 4.79 Å². The Kier molecular flexibility index (Phi) is 8.59. The normalized spacial score (nSPS) is 18.8. The lowest BCUT2D eigenvalue weighted by atomic mass is 9.96. The van der Waals surface area contributed by atoms with E-state index < -0.39 is 34.1 Å². The van der Waals surface area contributed by atoms with E-state index in [1.807, 2.05) is 44.5 Å². The van der Waals surface area contributed by atoms with Crippen molar-refractivity contribution >= 4 is 27.8 Å². The molecule has 1 unspecified atom stereocenters. The van der Waals surface area contributed by atoms with Crippen LogP contribution in [0.25, 0.3) is 5.70 Å².